The lowest BCUT2D eigenvalue weighted by Crippen LogP contribution is -2.24. The van der Waals surface area contributed by atoms with E-state index in [4.69, 9.17) is 4.42 Å². The molecule has 0 bridgehead atoms. The fourth-order valence-corrected chi connectivity index (χ4v) is 4.33. The number of aryl methyl sites for hydroxylation is 1. The van der Waals surface area contributed by atoms with Gasteiger partial charge in [0.15, 0.2) is 0 Å². The summed E-state index contributed by atoms with van der Waals surface area (Å²) < 4.78 is 5.61. The van der Waals surface area contributed by atoms with E-state index in [1.165, 1.54) is 4.88 Å². The molecular formula is C19H19N3O2S. The fourth-order valence-electron chi connectivity index (χ4n) is 3.40. The van der Waals surface area contributed by atoms with Gasteiger partial charge >= 0.3 is 6.01 Å². The second-order valence-corrected chi connectivity index (χ2v) is 7.41. The number of carbonyl (C=O) groups is 1. The zero-order valence-electron chi connectivity index (χ0n) is 13.9. The van der Waals surface area contributed by atoms with Crippen LogP contribution in [0.2, 0.25) is 0 Å². The van der Waals surface area contributed by atoms with Crippen LogP contribution in [-0.4, -0.2) is 16.1 Å². The van der Waals surface area contributed by atoms with Crippen LogP contribution in [-0.2, 0) is 4.79 Å². The molecule has 2 heterocycles. The van der Waals surface area contributed by atoms with Crippen molar-refractivity contribution in [2.45, 2.75) is 32.1 Å². The number of thiophene rings is 1. The molecule has 2 aromatic heterocycles. The summed E-state index contributed by atoms with van der Waals surface area (Å²) in [6.07, 6.45) is 3.02. The number of hydrogen-bond donors (Lipinski definition) is 1. The van der Waals surface area contributed by atoms with Gasteiger partial charge in [0, 0.05) is 22.3 Å². The summed E-state index contributed by atoms with van der Waals surface area (Å²) in [5.41, 5.74) is 2.01. The minimum Gasteiger partial charge on any atom is -0.403 e. The average molecular weight is 353 g/mol. The Morgan fingerprint density at radius 3 is 2.80 bits per heavy atom. The first-order valence-corrected chi connectivity index (χ1v) is 9.33. The summed E-state index contributed by atoms with van der Waals surface area (Å²) in [6.45, 7) is 2.02. The Balaban J connectivity index is 1.47. The molecule has 0 saturated heterocycles. The van der Waals surface area contributed by atoms with Crippen LogP contribution in [0.3, 0.4) is 0 Å². The van der Waals surface area contributed by atoms with Crippen molar-refractivity contribution >= 4 is 23.3 Å². The van der Waals surface area contributed by atoms with Gasteiger partial charge in [0.25, 0.3) is 0 Å². The van der Waals surface area contributed by atoms with Crippen molar-refractivity contribution in [2.24, 2.45) is 5.92 Å². The Bertz CT molecular complexity index is 855. The second kappa shape index (κ2) is 6.80. The molecule has 4 rings (SSSR count). The predicted octanol–water partition coefficient (Wildman–Crippen LogP) is 4.63. The standard InChI is InChI=1S/C19H19N3O2S/c1-12-7-9-13(10-8-12)18-21-22-19(24-18)20-17(23)15-5-2-4-14(15)16-6-3-11-25-16/h3,6-11,14-15H,2,4-5H2,1H3,(H,20,22,23). The summed E-state index contributed by atoms with van der Waals surface area (Å²) in [5.74, 6) is 0.638. The van der Waals surface area contributed by atoms with Gasteiger partial charge in [-0.3, -0.25) is 10.1 Å². The monoisotopic (exact) mass is 353 g/mol. The van der Waals surface area contributed by atoms with Gasteiger partial charge in [0.2, 0.25) is 11.8 Å². The Morgan fingerprint density at radius 1 is 1.20 bits per heavy atom. The number of amides is 1. The summed E-state index contributed by atoms with van der Waals surface area (Å²) in [5, 5.41) is 12.9. The van der Waals surface area contributed by atoms with Gasteiger partial charge in [-0.1, -0.05) is 35.3 Å². The largest absolute Gasteiger partial charge is 0.403 e. The van der Waals surface area contributed by atoms with E-state index in [1.54, 1.807) is 11.3 Å². The van der Waals surface area contributed by atoms with Crippen molar-refractivity contribution in [1.82, 2.24) is 10.2 Å². The lowest BCUT2D eigenvalue weighted by molar-refractivity contribution is -0.120. The average Bonchev–Trinajstić information content (AvgIpc) is 3.36. The smallest absolute Gasteiger partial charge is 0.322 e. The SMILES string of the molecule is Cc1ccc(-c2nnc(NC(=O)C3CCCC3c3cccs3)o2)cc1. The first-order chi connectivity index (χ1) is 12.2. The van der Waals surface area contributed by atoms with Gasteiger partial charge in [0.05, 0.1) is 0 Å². The van der Waals surface area contributed by atoms with Crippen molar-refractivity contribution in [3.8, 4) is 11.5 Å². The molecule has 3 aromatic rings. The van der Waals surface area contributed by atoms with E-state index in [1.807, 2.05) is 37.3 Å². The summed E-state index contributed by atoms with van der Waals surface area (Å²) in [6, 6.07) is 12.2. The number of anilines is 1. The minimum atomic E-state index is -0.0339. The fraction of sp³-hybridized carbons (Fsp3) is 0.316. The van der Waals surface area contributed by atoms with Crippen LogP contribution >= 0.6 is 11.3 Å². The zero-order chi connectivity index (χ0) is 17.2. The molecule has 1 aromatic carbocycles. The lowest BCUT2D eigenvalue weighted by atomic mass is 9.94. The maximum Gasteiger partial charge on any atom is 0.322 e. The van der Waals surface area contributed by atoms with E-state index in [0.717, 1.165) is 30.4 Å². The molecule has 2 unspecified atom stereocenters. The molecule has 2 atom stereocenters. The van der Waals surface area contributed by atoms with Crippen molar-refractivity contribution in [2.75, 3.05) is 5.32 Å². The van der Waals surface area contributed by atoms with Crippen LogP contribution in [0.1, 0.15) is 35.6 Å². The predicted molar refractivity (Wildman–Crippen MR) is 97.5 cm³/mol. The number of carbonyl (C=O) groups excluding carboxylic acids is 1. The highest BCUT2D eigenvalue weighted by Gasteiger charge is 2.35. The lowest BCUT2D eigenvalue weighted by Gasteiger charge is -2.16. The number of nitrogens with zero attached hydrogens (tertiary/aromatic N) is 2. The minimum absolute atomic E-state index is 0.0324. The molecule has 1 aliphatic rings. The Morgan fingerprint density at radius 2 is 2.04 bits per heavy atom. The van der Waals surface area contributed by atoms with Crippen LogP contribution in [0.4, 0.5) is 6.01 Å². The van der Waals surface area contributed by atoms with Gasteiger partial charge in [0.1, 0.15) is 0 Å². The highest BCUT2D eigenvalue weighted by atomic mass is 32.1. The zero-order valence-corrected chi connectivity index (χ0v) is 14.8. The first-order valence-electron chi connectivity index (χ1n) is 8.45. The second-order valence-electron chi connectivity index (χ2n) is 6.43. The number of nitrogens with one attached hydrogen (secondary N) is 1. The van der Waals surface area contributed by atoms with E-state index < -0.39 is 0 Å². The molecule has 6 heteroatoms. The third-order valence-corrected chi connectivity index (χ3v) is 5.72. The molecule has 0 aliphatic heterocycles. The maximum atomic E-state index is 12.7. The Hall–Kier alpha value is -2.47. The van der Waals surface area contributed by atoms with E-state index in [2.05, 4.69) is 27.0 Å². The summed E-state index contributed by atoms with van der Waals surface area (Å²) in [7, 11) is 0. The molecule has 0 spiro atoms. The van der Waals surface area contributed by atoms with Gasteiger partial charge in [-0.15, -0.1) is 16.4 Å². The summed E-state index contributed by atoms with van der Waals surface area (Å²) in [4.78, 5) is 14.0. The number of rotatable bonds is 4. The number of benzene rings is 1. The molecule has 1 amide bonds. The van der Waals surface area contributed by atoms with Crippen molar-refractivity contribution < 1.29 is 9.21 Å². The van der Waals surface area contributed by atoms with Crippen molar-refractivity contribution in [3.05, 3.63) is 52.2 Å². The van der Waals surface area contributed by atoms with Gasteiger partial charge in [-0.05, 0) is 43.3 Å². The third-order valence-electron chi connectivity index (χ3n) is 4.72. The van der Waals surface area contributed by atoms with Gasteiger partial charge in [-0.2, -0.15) is 0 Å². The van der Waals surface area contributed by atoms with Gasteiger partial charge < -0.3 is 4.42 Å². The van der Waals surface area contributed by atoms with E-state index >= 15 is 0 Å². The van der Waals surface area contributed by atoms with Crippen LogP contribution in [0.5, 0.6) is 0 Å². The number of aromatic nitrogens is 2. The topological polar surface area (TPSA) is 68.0 Å². The molecule has 25 heavy (non-hydrogen) atoms. The summed E-state index contributed by atoms with van der Waals surface area (Å²) >= 11 is 1.72. The van der Waals surface area contributed by atoms with Crippen LogP contribution in [0, 0.1) is 12.8 Å². The van der Waals surface area contributed by atoms with E-state index in [-0.39, 0.29) is 17.8 Å². The molecule has 1 aliphatic carbocycles. The van der Waals surface area contributed by atoms with Crippen LogP contribution in [0.25, 0.3) is 11.5 Å². The van der Waals surface area contributed by atoms with E-state index in [9.17, 15) is 4.79 Å². The molecule has 1 saturated carbocycles. The molecule has 0 radical (unpaired) electrons. The highest BCUT2D eigenvalue weighted by molar-refractivity contribution is 7.10. The molecule has 128 valence electrons. The quantitative estimate of drug-likeness (QED) is 0.742. The number of hydrogen-bond acceptors (Lipinski definition) is 5. The maximum absolute atomic E-state index is 12.7. The van der Waals surface area contributed by atoms with Crippen molar-refractivity contribution in [1.29, 1.82) is 0 Å². The third kappa shape index (κ3) is 3.35. The first kappa shape index (κ1) is 16.0. The normalized spacial score (nSPS) is 19.9. The van der Waals surface area contributed by atoms with E-state index in [0.29, 0.717) is 11.8 Å². The molecule has 1 N–H and O–H groups in total. The van der Waals surface area contributed by atoms with Gasteiger partial charge in [-0.25, -0.2) is 0 Å². The molecular weight excluding hydrogens is 334 g/mol. The molecule has 5 nitrogen and oxygen atoms in total. The highest BCUT2D eigenvalue weighted by Crippen LogP contribution is 2.41. The van der Waals surface area contributed by atoms with Crippen LogP contribution < -0.4 is 5.32 Å². The molecule has 1 fully saturated rings. The Labute approximate surface area is 150 Å². The van der Waals surface area contributed by atoms with Crippen LogP contribution in [0.15, 0.2) is 46.2 Å². The van der Waals surface area contributed by atoms with Crippen molar-refractivity contribution in [3.63, 3.8) is 0 Å². The Kier molecular flexibility index (Phi) is 4.36.